The lowest BCUT2D eigenvalue weighted by Gasteiger charge is -2.40. The van der Waals surface area contributed by atoms with Gasteiger partial charge in [-0.25, -0.2) is 4.79 Å². The molecule has 3 rings (SSSR count). The van der Waals surface area contributed by atoms with Crippen molar-refractivity contribution in [3.05, 3.63) is 0 Å². The summed E-state index contributed by atoms with van der Waals surface area (Å²) in [5.41, 5.74) is -0.785. The van der Waals surface area contributed by atoms with Crippen LogP contribution >= 0.6 is 0 Å². The number of aliphatic imine (C=N–C) groups is 1. The Balaban J connectivity index is 1.44. The third-order valence-electron chi connectivity index (χ3n) is 6.69. The van der Waals surface area contributed by atoms with Gasteiger partial charge in [-0.15, -0.1) is 0 Å². The first kappa shape index (κ1) is 20.9. The van der Waals surface area contributed by atoms with Crippen molar-refractivity contribution in [2.24, 2.45) is 16.8 Å². The summed E-state index contributed by atoms with van der Waals surface area (Å²) < 4.78 is 0. The van der Waals surface area contributed by atoms with Crippen LogP contribution in [0.15, 0.2) is 4.99 Å². The first-order chi connectivity index (χ1) is 13.5. The molecule has 158 valence electrons. The van der Waals surface area contributed by atoms with Crippen LogP contribution in [-0.2, 0) is 4.79 Å². The van der Waals surface area contributed by atoms with E-state index in [-0.39, 0.29) is 17.9 Å². The number of carbonyl (C=O) groups excluding carboxylic acids is 2. The lowest BCUT2D eigenvalue weighted by molar-refractivity contribution is -0.125. The number of nitrogens with zero attached hydrogens (tertiary/aromatic N) is 3. The monoisotopic (exact) mass is 392 g/mol. The van der Waals surface area contributed by atoms with Crippen molar-refractivity contribution in [1.82, 2.24) is 25.8 Å². The first-order valence-electron chi connectivity index (χ1n) is 10.8. The molecule has 3 aliphatic heterocycles. The average molecular weight is 393 g/mol. The molecule has 3 amide bonds. The molecule has 3 N–H and O–H groups in total. The molecule has 0 aromatic carbocycles. The Morgan fingerprint density at radius 1 is 1.18 bits per heavy atom. The Hall–Kier alpha value is -1.83. The molecule has 8 nitrogen and oxygen atoms in total. The van der Waals surface area contributed by atoms with Crippen LogP contribution < -0.4 is 16.0 Å². The maximum Gasteiger partial charge on any atom is 0.322 e. The molecule has 1 atom stereocenters. The van der Waals surface area contributed by atoms with E-state index in [9.17, 15) is 9.59 Å². The Bertz CT molecular complexity index is 594. The highest BCUT2D eigenvalue weighted by Gasteiger charge is 2.48. The van der Waals surface area contributed by atoms with Crippen LogP contribution in [0.25, 0.3) is 0 Å². The zero-order valence-electron chi connectivity index (χ0n) is 17.6. The number of rotatable bonds is 5. The van der Waals surface area contributed by atoms with Gasteiger partial charge in [0.05, 0.1) is 0 Å². The van der Waals surface area contributed by atoms with Gasteiger partial charge in [-0.3, -0.25) is 15.1 Å². The van der Waals surface area contributed by atoms with E-state index in [1.807, 2.05) is 14.0 Å². The fourth-order valence-corrected chi connectivity index (χ4v) is 4.81. The van der Waals surface area contributed by atoms with Crippen LogP contribution in [0.1, 0.15) is 46.0 Å². The van der Waals surface area contributed by atoms with Crippen molar-refractivity contribution in [2.75, 3.05) is 46.3 Å². The summed E-state index contributed by atoms with van der Waals surface area (Å²) >= 11 is 0. The molecule has 0 aromatic rings. The second-order valence-corrected chi connectivity index (χ2v) is 8.59. The fourth-order valence-electron chi connectivity index (χ4n) is 4.81. The van der Waals surface area contributed by atoms with E-state index in [0.29, 0.717) is 5.92 Å². The number of nitrogens with one attached hydrogen (secondary N) is 3. The molecule has 0 bridgehead atoms. The standard InChI is InChI=1S/C20H36N6O2/c1-4-9-25-10-5-15(6-11-25)14-22-18(21-3)26-12-7-16(8-13-26)20(2)17(27)23-19(28)24-20/h15-16H,4-14H2,1-3H3,(H,21,22)(H2,23,24,27,28). The van der Waals surface area contributed by atoms with E-state index in [0.717, 1.165) is 38.4 Å². The van der Waals surface area contributed by atoms with Crippen molar-refractivity contribution in [1.29, 1.82) is 0 Å². The second kappa shape index (κ2) is 9.11. The summed E-state index contributed by atoms with van der Waals surface area (Å²) in [4.78, 5) is 33.0. The molecule has 1 unspecified atom stereocenters. The third kappa shape index (κ3) is 4.59. The van der Waals surface area contributed by atoms with Gasteiger partial charge in [-0.1, -0.05) is 6.92 Å². The van der Waals surface area contributed by atoms with E-state index in [4.69, 9.17) is 0 Å². The fraction of sp³-hybridized carbons (Fsp3) is 0.850. The van der Waals surface area contributed by atoms with Gasteiger partial charge in [0.25, 0.3) is 5.91 Å². The molecule has 3 heterocycles. The largest absolute Gasteiger partial charge is 0.356 e. The predicted octanol–water partition coefficient (Wildman–Crippen LogP) is 0.994. The smallest absolute Gasteiger partial charge is 0.322 e. The van der Waals surface area contributed by atoms with Crippen molar-refractivity contribution in [2.45, 2.75) is 51.5 Å². The lowest BCUT2D eigenvalue weighted by atomic mass is 9.79. The van der Waals surface area contributed by atoms with Gasteiger partial charge in [0, 0.05) is 26.7 Å². The molecule has 0 spiro atoms. The molecule has 28 heavy (non-hydrogen) atoms. The number of guanidine groups is 1. The molecular formula is C20H36N6O2. The number of carbonyl (C=O) groups is 2. The zero-order chi connectivity index (χ0) is 20.1. The molecule has 0 saturated carbocycles. The normalized spacial score (nSPS) is 28.4. The summed E-state index contributed by atoms with van der Waals surface area (Å²) in [5.74, 6) is 1.61. The van der Waals surface area contributed by atoms with Crippen LogP contribution in [0, 0.1) is 11.8 Å². The number of hydrogen-bond donors (Lipinski definition) is 3. The molecule has 3 fully saturated rings. The molecule has 3 aliphatic rings. The van der Waals surface area contributed by atoms with Gasteiger partial charge in [0.1, 0.15) is 5.54 Å². The minimum absolute atomic E-state index is 0.149. The molecule has 0 aromatic heterocycles. The van der Waals surface area contributed by atoms with Gasteiger partial charge in [0.15, 0.2) is 5.96 Å². The predicted molar refractivity (Wildman–Crippen MR) is 110 cm³/mol. The topological polar surface area (TPSA) is 89.1 Å². The highest BCUT2D eigenvalue weighted by molar-refractivity contribution is 6.07. The molecule has 0 radical (unpaired) electrons. The Labute approximate surface area is 168 Å². The van der Waals surface area contributed by atoms with Crippen molar-refractivity contribution in [3.63, 3.8) is 0 Å². The van der Waals surface area contributed by atoms with Crippen molar-refractivity contribution in [3.8, 4) is 0 Å². The van der Waals surface area contributed by atoms with Gasteiger partial charge in [-0.05, 0) is 70.5 Å². The van der Waals surface area contributed by atoms with Crippen LogP contribution in [0.2, 0.25) is 0 Å². The minimum Gasteiger partial charge on any atom is -0.356 e. The highest BCUT2D eigenvalue weighted by atomic mass is 16.2. The first-order valence-corrected chi connectivity index (χ1v) is 10.8. The summed E-state index contributed by atoms with van der Waals surface area (Å²) in [6.45, 7) is 10.4. The van der Waals surface area contributed by atoms with Crippen LogP contribution in [0.3, 0.4) is 0 Å². The number of piperidine rings is 2. The van der Waals surface area contributed by atoms with Crippen molar-refractivity contribution < 1.29 is 9.59 Å². The zero-order valence-corrected chi connectivity index (χ0v) is 17.6. The number of amides is 3. The molecule has 3 saturated heterocycles. The number of urea groups is 1. The summed E-state index contributed by atoms with van der Waals surface area (Å²) in [6, 6.07) is -0.377. The minimum atomic E-state index is -0.785. The molecule has 8 heteroatoms. The summed E-state index contributed by atoms with van der Waals surface area (Å²) in [5, 5.41) is 8.77. The number of hydrogen-bond acceptors (Lipinski definition) is 4. The van der Waals surface area contributed by atoms with Crippen LogP contribution in [0.4, 0.5) is 4.79 Å². The van der Waals surface area contributed by atoms with E-state index >= 15 is 0 Å². The summed E-state index contributed by atoms with van der Waals surface area (Å²) in [7, 11) is 1.84. The number of imide groups is 1. The highest BCUT2D eigenvalue weighted by Crippen LogP contribution is 2.30. The maximum absolute atomic E-state index is 12.2. The average Bonchev–Trinajstić information content (AvgIpc) is 2.97. The van der Waals surface area contributed by atoms with E-state index in [2.05, 4.69) is 37.7 Å². The third-order valence-corrected chi connectivity index (χ3v) is 6.69. The van der Waals surface area contributed by atoms with E-state index < -0.39 is 5.54 Å². The van der Waals surface area contributed by atoms with Crippen LogP contribution in [0.5, 0.6) is 0 Å². The quantitative estimate of drug-likeness (QED) is 0.369. The second-order valence-electron chi connectivity index (χ2n) is 8.59. The van der Waals surface area contributed by atoms with Crippen molar-refractivity contribution >= 4 is 17.9 Å². The van der Waals surface area contributed by atoms with Gasteiger partial charge in [-0.2, -0.15) is 0 Å². The van der Waals surface area contributed by atoms with Gasteiger partial charge < -0.3 is 20.4 Å². The lowest BCUT2D eigenvalue weighted by Crippen LogP contribution is -2.55. The number of likely N-dealkylation sites (tertiary alicyclic amines) is 2. The Morgan fingerprint density at radius 3 is 2.39 bits per heavy atom. The van der Waals surface area contributed by atoms with Gasteiger partial charge >= 0.3 is 6.03 Å². The molecular weight excluding hydrogens is 356 g/mol. The van der Waals surface area contributed by atoms with E-state index in [1.165, 1.54) is 38.9 Å². The molecule has 0 aliphatic carbocycles. The van der Waals surface area contributed by atoms with Crippen LogP contribution in [-0.4, -0.2) is 79.6 Å². The van der Waals surface area contributed by atoms with E-state index in [1.54, 1.807) is 0 Å². The van der Waals surface area contributed by atoms with Gasteiger partial charge in [0.2, 0.25) is 0 Å². The Kier molecular flexibility index (Phi) is 6.80. The SMILES string of the molecule is CCCN1CCC(CNC(=NC)N2CCC(C3(C)NC(=O)NC3=O)CC2)CC1. The summed E-state index contributed by atoms with van der Waals surface area (Å²) in [6.07, 6.45) is 5.45. The Morgan fingerprint density at radius 2 is 1.86 bits per heavy atom. The maximum atomic E-state index is 12.2.